The minimum absolute atomic E-state index is 0.0205. The molecule has 1 aromatic carbocycles. The van der Waals surface area contributed by atoms with Gasteiger partial charge in [0.15, 0.2) is 0 Å². The molecule has 0 atom stereocenters. The molecule has 0 unspecified atom stereocenters. The van der Waals surface area contributed by atoms with Gasteiger partial charge in [-0.1, -0.05) is 23.2 Å². The maximum Gasteiger partial charge on any atom is 0.142 e. The third-order valence-corrected chi connectivity index (χ3v) is 3.90. The number of hydrogen-bond acceptors (Lipinski definition) is 2. The zero-order chi connectivity index (χ0) is 14.1. The summed E-state index contributed by atoms with van der Waals surface area (Å²) in [5.74, 6) is 0.372. The number of nitrogens with one attached hydrogen (secondary N) is 2. The second kappa shape index (κ2) is 5.72. The first-order valence-corrected chi connectivity index (χ1v) is 7.31. The van der Waals surface area contributed by atoms with Gasteiger partial charge in [0.2, 0.25) is 0 Å². The van der Waals surface area contributed by atoms with E-state index in [2.05, 4.69) is 15.3 Å². The lowest BCUT2D eigenvalue weighted by molar-refractivity contribution is 0.628. The Labute approximate surface area is 126 Å². The highest BCUT2D eigenvalue weighted by Gasteiger charge is 2.19. The Bertz CT molecular complexity index is 623. The number of nitrogens with zero attached hydrogens (tertiary/aromatic N) is 1. The van der Waals surface area contributed by atoms with Crippen LogP contribution in [0.4, 0.5) is 4.39 Å². The third kappa shape index (κ3) is 3.14. The Hall–Kier alpha value is -1.10. The van der Waals surface area contributed by atoms with Crippen molar-refractivity contribution < 1.29 is 4.39 Å². The number of aromatic amines is 1. The number of H-pyrrole nitrogens is 1. The molecule has 0 bridgehead atoms. The van der Waals surface area contributed by atoms with Gasteiger partial charge in [0.25, 0.3) is 0 Å². The zero-order valence-electron chi connectivity index (χ0n) is 10.7. The Morgan fingerprint density at radius 3 is 2.85 bits per heavy atom. The molecule has 1 fully saturated rings. The van der Waals surface area contributed by atoms with Crippen molar-refractivity contribution >= 4 is 23.2 Å². The number of imidazole rings is 1. The second-order valence-electron chi connectivity index (χ2n) is 4.97. The lowest BCUT2D eigenvalue weighted by Crippen LogP contribution is -2.19. The lowest BCUT2D eigenvalue weighted by Gasteiger charge is -2.03. The van der Waals surface area contributed by atoms with Crippen molar-refractivity contribution in [1.82, 2.24) is 15.3 Å². The molecule has 106 valence electrons. The smallest absolute Gasteiger partial charge is 0.142 e. The van der Waals surface area contributed by atoms with Gasteiger partial charge in [0, 0.05) is 24.6 Å². The first-order chi connectivity index (χ1) is 9.63. The van der Waals surface area contributed by atoms with E-state index >= 15 is 0 Å². The van der Waals surface area contributed by atoms with E-state index in [0.29, 0.717) is 22.3 Å². The zero-order valence-corrected chi connectivity index (χ0v) is 12.2. The first-order valence-electron chi connectivity index (χ1n) is 6.55. The highest BCUT2D eigenvalue weighted by molar-refractivity contribution is 6.36. The highest BCUT2D eigenvalue weighted by Crippen LogP contribution is 2.31. The van der Waals surface area contributed by atoms with Crippen LogP contribution in [0.3, 0.4) is 0 Å². The SMILES string of the molecule is Fc1cc(-c2cnc(CCNC3CC3)[nH]2)c(Cl)cc1Cl. The predicted octanol–water partition coefficient (Wildman–Crippen LogP) is 3.82. The molecule has 0 spiro atoms. The molecule has 0 radical (unpaired) electrons. The van der Waals surface area contributed by atoms with Crippen molar-refractivity contribution in [2.75, 3.05) is 6.54 Å². The van der Waals surface area contributed by atoms with Crippen molar-refractivity contribution in [2.24, 2.45) is 0 Å². The van der Waals surface area contributed by atoms with E-state index in [1.54, 1.807) is 6.20 Å². The van der Waals surface area contributed by atoms with Gasteiger partial charge in [-0.25, -0.2) is 9.37 Å². The van der Waals surface area contributed by atoms with Gasteiger partial charge in [0.1, 0.15) is 11.6 Å². The average molecular weight is 314 g/mol. The number of halogens is 3. The molecule has 3 nitrogen and oxygen atoms in total. The number of benzene rings is 1. The summed E-state index contributed by atoms with van der Waals surface area (Å²) in [7, 11) is 0. The molecule has 1 heterocycles. The Morgan fingerprint density at radius 1 is 1.30 bits per heavy atom. The van der Waals surface area contributed by atoms with E-state index in [1.165, 1.54) is 25.0 Å². The fraction of sp³-hybridized carbons (Fsp3) is 0.357. The summed E-state index contributed by atoms with van der Waals surface area (Å²) in [6.45, 7) is 0.889. The standard InChI is InChI=1S/C14H14Cl2FN3/c15-10-6-11(16)12(17)5-9(10)13-7-19-14(20-13)3-4-18-8-1-2-8/h5-8,18H,1-4H2,(H,19,20). The number of hydrogen-bond donors (Lipinski definition) is 2. The van der Waals surface area contributed by atoms with E-state index in [1.807, 2.05) is 0 Å². The minimum Gasteiger partial charge on any atom is -0.342 e. The normalized spacial score (nSPS) is 14.8. The van der Waals surface area contributed by atoms with Crippen LogP contribution in [-0.4, -0.2) is 22.6 Å². The molecule has 2 aromatic rings. The molecule has 1 aliphatic rings. The Kier molecular flexibility index (Phi) is 3.96. The van der Waals surface area contributed by atoms with Crippen molar-refractivity contribution in [3.63, 3.8) is 0 Å². The van der Waals surface area contributed by atoms with E-state index < -0.39 is 5.82 Å². The van der Waals surface area contributed by atoms with Crippen LogP contribution in [0.25, 0.3) is 11.3 Å². The quantitative estimate of drug-likeness (QED) is 0.824. The van der Waals surface area contributed by atoms with Crippen LogP contribution >= 0.6 is 23.2 Å². The number of aromatic nitrogens is 2. The molecule has 1 aliphatic carbocycles. The molecule has 0 aliphatic heterocycles. The number of rotatable bonds is 5. The summed E-state index contributed by atoms with van der Waals surface area (Å²) < 4.78 is 13.5. The third-order valence-electron chi connectivity index (χ3n) is 3.30. The fourth-order valence-corrected chi connectivity index (χ4v) is 2.52. The van der Waals surface area contributed by atoms with Gasteiger partial charge in [-0.05, 0) is 25.0 Å². The van der Waals surface area contributed by atoms with Gasteiger partial charge in [-0.2, -0.15) is 0 Å². The van der Waals surface area contributed by atoms with Crippen LogP contribution in [0.5, 0.6) is 0 Å². The van der Waals surface area contributed by atoms with Crippen molar-refractivity contribution in [2.45, 2.75) is 25.3 Å². The average Bonchev–Trinajstić information content (AvgIpc) is 3.11. The van der Waals surface area contributed by atoms with Gasteiger partial charge >= 0.3 is 0 Å². The molecule has 0 amide bonds. The summed E-state index contributed by atoms with van der Waals surface area (Å²) in [4.78, 5) is 7.46. The largest absolute Gasteiger partial charge is 0.342 e. The summed E-state index contributed by atoms with van der Waals surface area (Å²) >= 11 is 11.8. The van der Waals surface area contributed by atoms with E-state index in [0.717, 1.165) is 18.8 Å². The molecular weight excluding hydrogens is 300 g/mol. The molecule has 20 heavy (non-hydrogen) atoms. The summed E-state index contributed by atoms with van der Waals surface area (Å²) in [6.07, 6.45) is 5.01. The van der Waals surface area contributed by atoms with Crippen LogP contribution in [-0.2, 0) is 6.42 Å². The Morgan fingerprint density at radius 2 is 2.10 bits per heavy atom. The lowest BCUT2D eigenvalue weighted by atomic mass is 10.1. The van der Waals surface area contributed by atoms with Gasteiger partial charge in [-0.3, -0.25) is 0 Å². The molecule has 6 heteroatoms. The van der Waals surface area contributed by atoms with Crippen molar-refractivity contribution in [3.05, 3.63) is 40.0 Å². The monoisotopic (exact) mass is 313 g/mol. The predicted molar refractivity (Wildman–Crippen MR) is 78.7 cm³/mol. The van der Waals surface area contributed by atoms with E-state index in [4.69, 9.17) is 23.2 Å². The van der Waals surface area contributed by atoms with Crippen molar-refractivity contribution in [1.29, 1.82) is 0 Å². The molecule has 3 rings (SSSR count). The highest BCUT2D eigenvalue weighted by atomic mass is 35.5. The summed E-state index contributed by atoms with van der Waals surface area (Å²) in [6, 6.07) is 3.41. The molecule has 0 saturated heterocycles. The van der Waals surface area contributed by atoms with Gasteiger partial charge in [0.05, 0.1) is 21.9 Å². The molecule has 1 saturated carbocycles. The minimum atomic E-state index is -0.488. The van der Waals surface area contributed by atoms with Gasteiger partial charge < -0.3 is 10.3 Å². The summed E-state index contributed by atoms with van der Waals surface area (Å²) in [5.41, 5.74) is 1.27. The second-order valence-corrected chi connectivity index (χ2v) is 5.78. The van der Waals surface area contributed by atoms with Crippen LogP contribution in [0, 0.1) is 5.82 Å². The van der Waals surface area contributed by atoms with E-state index in [9.17, 15) is 4.39 Å². The van der Waals surface area contributed by atoms with Crippen LogP contribution in [0.15, 0.2) is 18.3 Å². The molecule has 2 N–H and O–H groups in total. The molecule has 1 aromatic heterocycles. The maximum absolute atomic E-state index is 13.5. The van der Waals surface area contributed by atoms with Crippen LogP contribution in [0.1, 0.15) is 18.7 Å². The van der Waals surface area contributed by atoms with Gasteiger partial charge in [-0.15, -0.1) is 0 Å². The van der Waals surface area contributed by atoms with Crippen LogP contribution in [0.2, 0.25) is 10.0 Å². The summed E-state index contributed by atoms with van der Waals surface area (Å²) in [5, 5.41) is 3.84. The van der Waals surface area contributed by atoms with E-state index in [-0.39, 0.29) is 5.02 Å². The fourth-order valence-electron chi connectivity index (χ4n) is 2.04. The molecular formula is C14H14Cl2FN3. The first kappa shape index (κ1) is 13.9. The van der Waals surface area contributed by atoms with Crippen LogP contribution < -0.4 is 5.32 Å². The topological polar surface area (TPSA) is 40.7 Å². The maximum atomic E-state index is 13.5. The van der Waals surface area contributed by atoms with Crippen molar-refractivity contribution in [3.8, 4) is 11.3 Å². The Balaban J connectivity index is 1.73.